The number of carbonyl (C=O) groups excluding carboxylic acids is 1. The van der Waals surface area contributed by atoms with Crippen molar-refractivity contribution in [3.05, 3.63) is 23.0 Å². The van der Waals surface area contributed by atoms with E-state index in [9.17, 15) is 9.90 Å². The molecule has 6 nitrogen and oxygen atoms in total. The first-order chi connectivity index (χ1) is 9.10. The van der Waals surface area contributed by atoms with Crippen LogP contribution in [0.2, 0.25) is 0 Å². The van der Waals surface area contributed by atoms with Gasteiger partial charge in [-0.2, -0.15) is 0 Å². The lowest BCUT2D eigenvalue weighted by Gasteiger charge is -2.39. The molecule has 0 radical (unpaired) electrons. The number of aromatic amines is 1. The first kappa shape index (κ1) is 14.0. The second-order valence-corrected chi connectivity index (χ2v) is 5.08. The predicted molar refractivity (Wildman–Crippen MR) is 68.9 cm³/mol. The van der Waals surface area contributed by atoms with Crippen LogP contribution < -0.4 is 5.32 Å². The van der Waals surface area contributed by atoms with Gasteiger partial charge >= 0.3 is 5.97 Å². The van der Waals surface area contributed by atoms with Crippen LogP contribution >= 0.6 is 0 Å². The van der Waals surface area contributed by atoms with Crippen LogP contribution in [0.4, 0.5) is 0 Å². The van der Waals surface area contributed by atoms with Gasteiger partial charge in [0, 0.05) is 24.5 Å². The van der Waals surface area contributed by atoms with Crippen LogP contribution in [-0.2, 0) is 16.0 Å². The molecule has 3 N–H and O–H groups in total. The number of aryl methyl sites for hydroxylation is 1. The van der Waals surface area contributed by atoms with Crippen LogP contribution in [0.3, 0.4) is 0 Å². The van der Waals surface area contributed by atoms with Crippen LogP contribution in [-0.4, -0.2) is 49.5 Å². The third-order valence-electron chi connectivity index (χ3n) is 3.44. The minimum Gasteiger partial charge on any atom is -0.465 e. The Kier molecular flexibility index (Phi) is 4.24. The lowest BCUT2D eigenvalue weighted by atomic mass is 9.87. The van der Waals surface area contributed by atoms with E-state index in [1.54, 1.807) is 6.07 Å². The minimum atomic E-state index is -0.334. The molecule has 6 heteroatoms. The van der Waals surface area contributed by atoms with Crippen LogP contribution in [0.1, 0.15) is 21.7 Å². The summed E-state index contributed by atoms with van der Waals surface area (Å²) in [6, 6.07) is 1.79. The first-order valence-corrected chi connectivity index (χ1v) is 6.26. The van der Waals surface area contributed by atoms with Crippen molar-refractivity contribution in [2.24, 2.45) is 5.41 Å². The Morgan fingerprint density at radius 3 is 2.89 bits per heavy atom. The molecule has 0 spiro atoms. The normalized spacial score (nSPS) is 17.0. The molecule has 0 saturated carbocycles. The van der Waals surface area contributed by atoms with Gasteiger partial charge in [0.05, 0.1) is 37.9 Å². The fraction of sp³-hybridized carbons (Fsp3) is 0.615. The molecule has 0 aliphatic carbocycles. The van der Waals surface area contributed by atoms with E-state index in [2.05, 4.69) is 10.3 Å². The molecule has 1 aromatic heterocycles. The highest BCUT2D eigenvalue weighted by Gasteiger charge is 2.37. The van der Waals surface area contributed by atoms with Crippen LogP contribution in [0.15, 0.2) is 6.07 Å². The van der Waals surface area contributed by atoms with Crippen molar-refractivity contribution >= 4 is 5.97 Å². The van der Waals surface area contributed by atoms with E-state index in [0.29, 0.717) is 31.9 Å². The van der Waals surface area contributed by atoms with E-state index in [1.807, 2.05) is 6.92 Å². The number of ether oxygens (including phenoxy) is 2. The molecule has 1 aliphatic rings. The number of rotatable bonds is 6. The maximum absolute atomic E-state index is 11.5. The van der Waals surface area contributed by atoms with E-state index < -0.39 is 0 Å². The van der Waals surface area contributed by atoms with Gasteiger partial charge in [-0.3, -0.25) is 0 Å². The molecule has 2 heterocycles. The van der Waals surface area contributed by atoms with E-state index in [1.165, 1.54) is 7.11 Å². The Morgan fingerprint density at radius 2 is 2.37 bits per heavy atom. The minimum absolute atomic E-state index is 0.122. The average Bonchev–Trinajstić information content (AvgIpc) is 2.73. The van der Waals surface area contributed by atoms with Crippen LogP contribution in [0, 0.1) is 12.3 Å². The standard InChI is InChI=1S/C13H20N2O4/c1-9-11(12(17)18-2)3-10(15-9)4-14-5-13(6-16)7-19-8-13/h3,14-16H,4-8H2,1-2H3. The molecule has 0 atom stereocenters. The zero-order valence-electron chi connectivity index (χ0n) is 11.3. The smallest absolute Gasteiger partial charge is 0.339 e. The fourth-order valence-electron chi connectivity index (χ4n) is 2.15. The highest BCUT2D eigenvalue weighted by atomic mass is 16.5. The lowest BCUT2D eigenvalue weighted by Crippen LogP contribution is -2.52. The number of esters is 1. The summed E-state index contributed by atoms with van der Waals surface area (Å²) < 4.78 is 9.84. The van der Waals surface area contributed by atoms with Gasteiger partial charge in [0.15, 0.2) is 0 Å². The fourth-order valence-corrected chi connectivity index (χ4v) is 2.15. The molecule has 106 valence electrons. The number of methoxy groups -OCH3 is 1. The first-order valence-electron chi connectivity index (χ1n) is 6.26. The zero-order valence-corrected chi connectivity index (χ0v) is 11.3. The number of aliphatic hydroxyl groups excluding tert-OH is 1. The number of aliphatic hydroxyl groups is 1. The molecule has 1 aromatic rings. The van der Waals surface area contributed by atoms with Gasteiger partial charge in [0.2, 0.25) is 0 Å². The van der Waals surface area contributed by atoms with Crippen molar-refractivity contribution in [1.82, 2.24) is 10.3 Å². The van der Waals surface area contributed by atoms with Crippen molar-refractivity contribution in [2.75, 3.05) is 33.5 Å². The third-order valence-corrected chi connectivity index (χ3v) is 3.44. The van der Waals surface area contributed by atoms with Crippen molar-refractivity contribution in [1.29, 1.82) is 0 Å². The van der Waals surface area contributed by atoms with E-state index >= 15 is 0 Å². The van der Waals surface area contributed by atoms with Crippen LogP contribution in [0.25, 0.3) is 0 Å². The molecular formula is C13H20N2O4. The number of carbonyl (C=O) groups is 1. The van der Waals surface area contributed by atoms with Gasteiger partial charge in [-0.05, 0) is 13.0 Å². The summed E-state index contributed by atoms with van der Waals surface area (Å²) in [5, 5.41) is 12.6. The Hall–Kier alpha value is -1.37. The highest BCUT2D eigenvalue weighted by molar-refractivity contribution is 5.90. The number of nitrogens with one attached hydrogen (secondary N) is 2. The highest BCUT2D eigenvalue weighted by Crippen LogP contribution is 2.25. The molecular weight excluding hydrogens is 248 g/mol. The molecule has 19 heavy (non-hydrogen) atoms. The van der Waals surface area contributed by atoms with Gasteiger partial charge in [-0.15, -0.1) is 0 Å². The van der Waals surface area contributed by atoms with Gasteiger partial charge in [0.1, 0.15) is 0 Å². The molecule has 1 aliphatic heterocycles. The summed E-state index contributed by atoms with van der Waals surface area (Å²) in [4.78, 5) is 14.6. The maximum atomic E-state index is 11.5. The monoisotopic (exact) mass is 268 g/mol. The number of aromatic nitrogens is 1. The third kappa shape index (κ3) is 2.97. The Bertz CT molecular complexity index is 446. The average molecular weight is 268 g/mol. The summed E-state index contributed by atoms with van der Waals surface area (Å²) in [6.07, 6.45) is 0. The molecule has 1 fully saturated rings. The van der Waals surface area contributed by atoms with Gasteiger partial charge < -0.3 is 24.9 Å². The predicted octanol–water partition coefficient (Wildman–Crippen LogP) is 0.208. The molecule has 0 unspecified atom stereocenters. The zero-order chi connectivity index (χ0) is 13.9. The van der Waals surface area contributed by atoms with Gasteiger partial charge in [0.25, 0.3) is 0 Å². The largest absolute Gasteiger partial charge is 0.465 e. The van der Waals surface area contributed by atoms with Crippen LogP contribution in [0.5, 0.6) is 0 Å². The van der Waals surface area contributed by atoms with E-state index in [0.717, 1.165) is 11.4 Å². The van der Waals surface area contributed by atoms with Crippen molar-refractivity contribution in [2.45, 2.75) is 13.5 Å². The quantitative estimate of drug-likeness (QED) is 0.642. The van der Waals surface area contributed by atoms with Gasteiger partial charge in [-0.1, -0.05) is 0 Å². The van der Waals surface area contributed by atoms with E-state index in [-0.39, 0.29) is 18.0 Å². The summed E-state index contributed by atoms with van der Waals surface area (Å²) in [5.74, 6) is -0.334. The van der Waals surface area contributed by atoms with Crippen molar-refractivity contribution in [3.8, 4) is 0 Å². The second kappa shape index (κ2) is 5.73. The molecule has 0 amide bonds. The summed E-state index contributed by atoms with van der Waals surface area (Å²) in [6.45, 7) is 4.44. The number of H-pyrrole nitrogens is 1. The second-order valence-electron chi connectivity index (χ2n) is 5.08. The number of hydrogen-bond donors (Lipinski definition) is 3. The lowest BCUT2D eigenvalue weighted by molar-refractivity contribution is -0.134. The van der Waals surface area contributed by atoms with E-state index in [4.69, 9.17) is 9.47 Å². The van der Waals surface area contributed by atoms with Crippen molar-refractivity contribution < 1.29 is 19.4 Å². The summed E-state index contributed by atoms with van der Waals surface area (Å²) in [7, 11) is 1.37. The molecule has 0 aromatic carbocycles. The summed E-state index contributed by atoms with van der Waals surface area (Å²) >= 11 is 0. The molecule has 2 rings (SSSR count). The molecule has 0 bridgehead atoms. The maximum Gasteiger partial charge on any atom is 0.339 e. The Balaban J connectivity index is 1.88. The molecule has 1 saturated heterocycles. The van der Waals surface area contributed by atoms with Gasteiger partial charge in [-0.25, -0.2) is 4.79 Å². The topological polar surface area (TPSA) is 83.6 Å². The summed E-state index contributed by atoms with van der Waals surface area (Å²) in [5.41, 5.74) is 2.13. The van der Waals surface area contributed by atoms with Crippen molar-refractivity contribution in [3.63, 3.8) is 0 Å². The SMILES string of the molecule is COC(=O)c1cc(CNCC2(CO)COC2)[nH]c1C. The number of hydrogen-bond acceptors (Lipinski definition) is 5. The Labute approximate surface area is 112 Å². The Morgan fingerprint density at radius 1 is 1.63 bits per heavy atom.